The molecule has 0 unspecified atom stereocenters. The predicted octanol–water partition coefficient (Wildman–Crippen LogP) is -0.0783. The van der Waals surface area contributed by atoms with Crippen LogP contribution in [-0.4, -0.2) is 38.6 Å². The summed E-state index contributed by atoms with van der Waals surface area (Å²) in [5.41, 5.74) is 5.51. The first-order valence-electron chi connectivity index (χ1n) is 5.57. The van der Waals surface area contributed by atoms with Crippen LogP contribution in [-0.2, 0) is 4.79 Å². The first kappa shape index (κ1) is 17.2. The van der Waals surface area contributed by atoms with E-state index in [0.29, 0.717) is 24.4 Å². The number of nitrogens with two attached hydrogens (primary N) is 1. The highest BCUT2D eigenvalue weighted by Gasteiger charge is 2.03. The van der Waals surface area contributed by atoms with Crippen LogP contribution in [0.4, 0.5) is 0 Å². The third-order valence-electron chi connectivity index (χ3n) is 2.21. The van der Waals surface area contributed by atoms with Crippen LogP contribution in [0, 0.1) is 0 Å². The number of hydrogen-bond donors (Lipinski definition) is 3. The molecule has 1 rings (SSSR count). The Labute approximate surface area is 118 Å². The molecule has 1 aromatic carbocycles. The summed E-state index contributed by atoms with van der Waals surface area (Å²) in [6, 6.07) is 6.30. The molecule has 0 saturated carbocycles. The zero-order valence-corrected chi connectivity index (χ0v) is 11.5. The van der Waals surface area contributed by atoms with E-state index in [2.05, 4.69) is 10.6 Å². The van der Waals surface area contributed by atoms with E-state index in [1.54, 1.807) is 24.3 Å². The van der Waals surface area contributed by atoms with Gasteiger partial charge in [0.1, 0.15) is 5.75 Å². The van der Waals surface area contributed by atoms with Gasteiger partial charge in [-0.2, -0.15) is 0 Å². The SMILES string of the molecule is CNCCNC(=O)COc1ccc(C(N)=O)cc1.Cl. The van der Waals surface area contributed by atoms with E-state index >= 15 is 0 Å². The van der Waals surface area contributed by atoms with Gasteiger partial charge in [-0.05, 0) is 31.3 Å². The second-order valence-corrected chi connectivity index (χ2v) is 3.63. The number of benzene rings is 1. The van der Waals surface area contributed by atoms with Crippen molar-refractivity contribution in [2.24, 2.45) is 5.73 Å². The monoisotopic (exact) mass is 287 g/mol. The van der Waals surface area contributed by atoms with E-state index in [1.165, 1.54) is 0 Å². The molecule has 6 nitrogen and oxygen atoms in total. The molecular weight excluding hydrogens is 270 g/mol. The number of halogens is 1. The summed E-state index contributed by atoms with van der Waals surface area (Å²) >= 11 is 0. The van der Waals surface area contributed by atoms with Crippen molar-refractivity contribution in [2.75, 3.05) is 26.7 Å². The molecule has 0 aromatic heterocycles. The lowest BCUT2D eigenvalue weighted by molar-refractivity contribution is -0.123. The molecule has 0 radical (unpaired) electrons. The minimum atomic E-state index is -0.494. The average Bonchev–Trinajstić information content (AvgIpc) is 2.37. The summed E-state index contributed by atoms with van der Waals surface area (Å²) in [5.74, 6) is -0.167. The molecule has 19 heavy (non-hydrogen) atoms. The Morgan fingerprint density at radius 1 is 1.21 bits per heavy atom. The van der Waals surface area contributed by atoms with Crippen molar-refractivity contribution in [3.05, 3.63) is 29.8 Å². The Hall–Kier alpha value is -1.79. The van der Waals surface area contributed by atoms with Gasteiger partial charge >= 0.3 is 0 Å². The predicted molar refractivity (Wildman–Crippen MR) is 74.6 cm³/mol. The van der Waals surface area contributed by atoms with Gasteiger partial charge in [0.15, 0.2) is 6.61 Å². The van der Waals surface area contributed by atoms with E-state index in [0.717, 1.165) is 0 Å². The number of amides is 2. The summed E-state index contributed by atoms with van der Waals surface area (Å²) in [6.45, 7) is 1.21. The Kier molecular flexibility index (Phi) is 8.32. The van der Waals surface area contributed by atoms with Gasteiger partial charge in [-0.25, -0.2) is 0 Å². The zero-order valence-electron chi connectivity index (χ0n) is 10.6. The van der Waals surface area contributed by atoms with Gasteiger partial charge in [0.05, 0.1) is 0 Å². The summed E-state index contributed by atoms with van der Waals surface area (Å²) in [6.07, 6.45) is 0. The average molecular weight is 288 g/mol. The van der Waals surface area contributed by atoms with Crippen molar-refractivity contribution in [1.29, 1.82) is 0 Å². The van der Waals surface area contributed by atoms with E-state index < -0.39 is 5.91 Å². The van der Waals surface area contributed by atoms with Crippen molar-refractivity contribution in [3.63, 3.8) is 0 Å². The molecule has 1 aromatic rings. The van der Waals surface area contributed by atoms with E-state index in [9.17, 15) is 9.59 Å². The quantitative estimate of drug-likeness (QED) is 0.612. The molecule has 0 aliphatic rings. The second kappa shape index (κ2) is 9.18. The summed E-state index contributed by atoms with van der Waals surface area (Å²) in [5, 5.41) is 5.60. The number of ether oxygens (including phenoxy) is 1. The van der Waals surface area contributed by atoms with Crippen molar-refractivity contribution in [3.8, 4) is 5.75 Å². The molecule has 0 aliphatic carbocycles. The van der Waals surface area contributed by atoms with Crippen LogP contribution in [0.25, 0.3) is 0 Å². The van der Waals surface area contributed by atoms with Crippen LogP contribution >= 0.6 is 12.4 Å². The van der Waals surface area contributed by atoms with E-state index in [-0.39, 0.29) is 24.9 Å². The van der Waals surface area contributed by atoms with Crippen LogP contribution in [0.5, 0.6) is 5.75 Å². The van der Waals surface area contributed by atoms with Crippen molar-refractivity contribution < 1.29 is 14.3 Å². The first-order chi connectivity index (χ1) is 8.63. The fourth-order valence-electron chi connectivity index (χ4n) is 1.24. The minimum Gasteiger partial charge on any atom is -0.484 e. The number of carbonyl (C=O) groups excluding carboxylic acids is 2. The lowest BCUT2D eigenvalue weighted by atomic mass is 10.2. The molecule has 0 aliphatic heterocycles. The Bertz CT molecular complexity index is 409. The van der Waals surface area contributed by atoms with Crippen LogP contribution in [0.2, 0.25) is 0 Å². The molecule has 7 heteroatoms. The molecule has 106 valence electrons. The lowest BCUT2D eigenvalue weighted by Gasteiger charge is -2.07. The zero-order chi connectivity index (χ0) is 13.4. The molecule has 2 amide bonds. The highest BCUT2D eigenvalue weighted by Crippen LogP contribution is 2.11. The molecule has 4 N–H and O–H groups in total. The van der Waals surface area contributed by atoms with Gasteiger partial charge in [-0.15, -0.1) is 12.4 Å². The smallest absolute Gasteiger partial charge is 0.257 e. The van der Waals surface area contributed by atoms with Gasteiger partial charge in [-0.3, -0.25) is 9.59 Å². The van der Waals surface area contributed by atoms with Crippen LogP contribution in [0.1, 0.15) is 10.4 Å². The highest BCUT2D eigenvalue weighted by molar-refractivity contribution is 5.92. The van der Waals surface area contributed by atoms with Gasteiger partial charge in [0, 0.05) is 18.7 Å². The maximum atomic E-state index is 11.3. The number of carbonyl (C=O) groups is 2. The van der Waals surface area contributed by atoms with Crippen molar-refractivity contribution in [2.45, 2.75) is 0 Å². The van der Waals surface area contributed by atoms with E-state index in [4.69, 9.17) is 10.5 Å². The van der Waals surface area contributed by atoms with Crippen LogP contribution in [0.3, 0.4) is 0 Å². The molecule has 0 saturated heterocycles. The standard InChI is InChI=1S/C12H17N3O3.ClH/c1-14-6-7-15-11(16)8-18-10-4-2-9(3-5-10)12(13)17;/h2-5,14H,6-8H2,1H3,(H2,13,17)(H,15,16);1H. The summed E-state index contributed by atoms with van der Waals surface area (Å²) in [7, 11) is 1.81. The summed E-state index contributed by atoms with van der Waals surface area (Å²) in [4.78, 5) is 22.2. The molecular formula is C12H18ClN3O3. The number of hydrogen-bond acceptors (Lipinski definition) is 4. The second-order valence-electron chi connectivity index (χ2n) is 3.63. The number of nitrogens with one attached hydrogen (secondary N) is 2. The summed E-state index contributed by atoms with van der Waals surface area (Å²) < 4.78 is 5.25. The van der Waals surface area contributed by atoms with Crippen molar-refractivity contribution >= 4 is 24.2 Å². The Morgan fingerprint density at radius 2 is 1.84 bits per heavy atom. The number of rotatable bonds is 7. The van der Waals surface area contributed by atoms with Gasteiger partial charge in [-0.1, -0.05) is 0 Å². The fraction of sp³-hybridized carbons (Fsp3) is 0.333. The van der Waals surface area contributed by atoms with Gasteiger partial charge in [0.2, 0.25) is 5.91 Å². The highest BCUT2D eigenvalue weighted by atomic mass is 35.5. The fourth-order valence-corrected chi connectivity index (χ4v) is 1.24. The molecule has 0 bridgehead atoms. The third kappa shape index (κ3) is 6.64. The van der Waals surface area contributed by atoms with Crippen LogP contribution < -0.4 is 21.1 Å². The van der Waals surface area contributed by atoms with Crippen molar-refractivity contribution in [1.82, 2.24) is 10.6 Å². The lowest BCUT2D eigenvalue weighted by Crippen LogP contribution is -2.33. The number of likely N-dealkylation sites (N-methyl/N-ethyl adjacent to an activating group) is 1. The topological polar surface area (TPSA) is 93.4 Å². The maximum Gasteiger partial charge on any atom is 0.257 e. The number of primary amides is 1. The normalized spacial score (nSPS) is 9.32. The van der Waals surface area contributed by atoms with Gasteiger partial charge in [0.25, 0.3) is 5.91 Å². The Balaban J connectivity index is 0.00000324. The molecule has 0 heterocycles. The minimum absolute atomic E-state index is 0. The van der Waals surface area contributed by atoms with Gasteiger partial charge < -0.3 is 21.1 Å². The third-order valence-corrected chi connectivity index (χ3v) is 2.21. The molecule has 0 fully saturated rings. The molecule has 0 atom stereocenters. The Morgan fingerprint density at radius 3 is 2.37 bits per heavy atom. The van der Waals surface area contributed by atoms with Crippen LogP contribution in [0.15, 0.2) is 24.3 Å². The van der Waals surface area contributed by atoms with E-state index in [1.807, 2.05) is 7.05 Å². The molecule has 0 spiro atoms. The first-order valence-corrected chi connectivity index (χ1v) is 5.57. The maximum absolute atomic E-state index is 11.3. The largest absolute Gasteiger partial charge is 0.484 e.